The van der Waals surface area contributed by atoms with E-state index in [0.717, 1.165) is 24.9 Å². The fraction of sp³-hybridized carbons (Fsp3) is 1.00. The minimum absolute atomic E-state index is 0.0314. The topological polar surface area (TPSA) is 32.3 Å². The molecule has 2 rings (SSSR count). The fourth-order valence-corrected chi connectivity index (χ4v) is 3.85. The number of rotatable bonds is 5. The minimum atomic E-state index is -0.0314. The molecule has 0 aliphatic heterocycles. The molecule has 0 aromatic heterocycles. The second kappa shape index (κ2) is 7.49. The van der Waals surface area contributed by atoms with E-state index >= 15 is 0 Å². The monoisotopic (exact) mass is 253 g/mol. The van der Waals surface area contributed by atoms with Crippen LogP contribution < -0.4 is 5.32 Å². The standard InChI is InChI=1S/C16H31NO/c1-2-5-13-6-3-8-15(11-10-13)17-12-14-7-4-9-16(14)18/h13-18H,2-12H2,1H3. The highest BCUT2D eigenvalue weighted by atomic mass is 16.3. The maximum absolute atomic E-state index is 9.85. The van der Waals surface area contributed by atoms with E-state index in [2.05, 4.69) is 12.2 Å². The quantitative estimate of drug-likeness (QED) is 0.735. The zero-order chi connectivity index (χ0) is 12.8. The number of aliphatic hydroxyl groups excluding tert-OH is 1. The van der Waals surface area contributed by atoms with Crippen molar-refractivity contribution in [1.82, 2.24) is 5.32 Å². The van der Waals surface area contributed by atoms with Crippen molar-refractivity contribution in [3.63, 3.8) is 0 Å². The lowest BCUT2D eigenvalue weighted by molar-refractivity contribution is 0.129. The summed E-state index contributed by atoms with van der Waals surface area (Å²) < 4.78 is 0. The lowest BCUT2D eigenvalue weighted by atomic mass is 9.95. The molecule has 0 aromatic carbocycles. The van der Waals surface area contributed by atoms with Crippen LogP contribution in [0.2, 0.25) is 0 Å². The third-order valence-electron chi connectivity index (χ3n) is 5.07. The van der Waals surface area contributed by atoms with Gasteiger partial charge in [0.15, 0.2) is 0 Å². The second-order valence-electron chi connectivity index (χ2n) is 6.53. The molecular formula is C16H31NO. The van der Waals surface area contributed by atoms with E-state index in [9.17, 15) is 5.11 Å². The predicted octanol–water partition coefficient (Wildman–Crippen LogP) is 3.49. The Labute approximate surface area is 113 Å². The zero-order valence-electron chi connectivity index (χ0n) is 12.0. The summed E-state index contributed by atoms with van der Waals surface area (Å²) in [4.78, 5) is 0. The van der Waals surface area contributed by atoms with Crippen LogP contribution in [-0.4, -0.2) is 23.8 Å². The summed E-state index contributed by atoms with van der Waals surface area (Å²) in [5.74, 6) is 1.51. The molecule has 18 heavy (non-hydrogen) atoms. The Kier molecular flexibility index (Phi) is 5.97. The molecule has 0 aromatic rings. The molecule has 0 radical (unpaired) electrons. The van der Waals surface area contributed by atoms with E-state index in [0.29, 0.717) is 5.92 Å². The summed E-state index contributed by atoms with van der Waals surface area (Å²) >= 11 is 0. The van der Waals surface area contributed by atoms with Crippen LogP contribution in [0.5, 0.6) is 0 Å². The van der Waals surface area contributed by atoms with Gasteiger partial charge in [0.05, 0.1) is 6.10 Å². The van der Waals surface area contributed by atoms with E-state index in [1.807, 2.05) is 0 Å². The van der Waals surface area contributed by atoms with Crippen LogP contribution in [0.1, 0.15) is 71.1 Å². The summed E-state index contributed by atoms with van der Waals surface area (Å²) in [7, 11) is 0. The van der Waals surface area contributed by atoms with Crippen LogP contribution in [-0.2, 0) is 0 Å². The first-order valence-corrected chi connectivity index (χ1v) is 8.21. The number of hydrogen-bond acceptors (Lipinski definition) is 2. The van der Waals surface area contributed by atoms with Crippen molar-refractivity contribution in [3.8, 4) is 0 Å². The molecule has 0 spiro atoms. The summed E-state index contributed by atoms with van der Waals surface area (Å²) in [6, 6.07) is 0.722. The van der Waals surface area contributed by atoms with Crippen molar-refractivity contribution in [2.45, 2.75) is 83.3 Å². The van der Waals surface area contributed by atoms with E-state index in [-0.39, 0.29) is 6.10 Å². The third kappa shape index (κ3) is 4.24. The van der Waals surface area contributed by atoms with Crippen molar-refractivity contribution in [2.75, 3.05) is 6.54 Å². The number of hydrogen-bond donors (Lipinski definition) is 2. The predicted molar refractivity (Wildman–Crippen MR) is 76.6 cm³/mol. The Morgan fingerprint density at radius 1 is 1.00 bits per heavy atom. The van der Waals surface area contributed by atoms with Gasteiger partial charge in [0.25, 0.3) is 0 Å². The number of nitrogens with one attached hydrogen (secondary N) is 1. The Morgan fingerprint density at radius 3 is 2.56 bits per heavy atom. The average molecular weight is 253 g/mol. The molecule has 2 N–H and O–H groups in total. The first-order chi connectivity index (χ1) is 8.79. The van der Waals surface area contributed by atoms with Crippen molar-refractivity contribution >= 4 is 0 Å². The zero-order valence-corrected chi connectivity index (χ0v) is 12.0. The molecule has 2 nitrogen and oxygen atoms in total. The van der Waals surface area contributed by atoms with E-state index in [1.165, 1.54) is 57.8 Å². The lowest BCUT2D eigenvalue weighted by Crippen LogP contribution is -2.35. The Morgan fingerprint density at radius 2 is 1.83 bits per heavy atom. The van der Waals surface area contributed by atoms with Gasteiger partial charge in [-0.2, -0.15) is 0 Å². The molecule has 106 valence electrons. The molecule has 2 aliphatic carbocycles. The van der Waals surface area contributed by atoms with E-state index in [1.54, 1.807) is 0 Å². The van der Waals surface area contributed by atoms with Gasteiger partial charge in [0.2, 0.25) is 0 Å². The van der Waals surface area contributed by atoms with Gasteiger partial charge >= 0.3 is 0 Å². The van der Waals surface area contributed by atoms with Crippen LogP contribution in [0.3, 0.4) is 0 Å². The fourth-order valence-electron chi connectivity index (χ4n) is 3.85. The maximum atomic E-state index is 9.85. The molecule has 4 unspecified atom stereocenters. The van der Waals surface area contributed by atoms with Crippen LogP contribution in [0.25, 0.3) is 0 Å². The van der Waals surface area contributed by atoms with Crippen molar-refractivity contribution in [3.05, 3.63) is 0 Å². The molecule has 2 fully saturated rings. The first-order valence-electron chi connectivity index (χ1n) is 8.21. The Balaban J connectivity index is 1.67. The molecule has 0 heterocycles. The van der Waals surface area contributed by atoms with Gasteiger partial charge in [-0.15, -0.1) is 0 Å². The highest BCUT2D eigenvalue weighted by molar-refractivity contribution is 4.81. The van der Waals surface area contributed by atoms with Crippen LogP contribution in [0.15, 0.2) is 0 Å². The van der Waals surface area contributed by atoms with Crippen LogP contribution >= 0.6 is 0 Å². The van der Waals surface area contributed by atoms with Gasteiger partial charge in [-0.05, 0) is 43.9 Å². The van der Waals surface area contributed by atoms with Crippen LogP contribution in [0, 0.1) is 11.8 Å². The summed E-state index contributed by atoms with van der Waals surface area (Å²) in [6.07, 6.45) is 13.2. The van der Waals surface area contributed by atoms with Gasteiger partial charge in [-0.3, -0.25) is 0 Å². The minimum Gasteiger partial charge on any atom is -0.393 e. The smallest absolute Gasteiger partial charge is 0.0580 e. The highest BCUT2D eigenvalue weighted by Gasteiger charge is 2.26. The summed E-state index contributed by atoms with van der Waals surface area (Å²) in [5.41, 5.74) is 0. The molecule has 0 amide bonds. The molecule has 2 heteroatoms. The van der Waals surface area contributed by atoms with E-state index in [4.69, 9.17) is 0 Å². The lowest BCUT2D eigenvalue weighted by Gasteiger charge is -2.21. The molecule has 0 saturated heterocycles. The largest absolute Gasteiger partial charge is 0.393 e. The molecule has 0 bridgehead atoms. The number of aliphatic hydroxyl groups is 1. The van der Waals surface area contributed by atoms with Crippen LogP contribution in [0.4, 0.5) is 0 Å². The Hall–Kier alpha value is -0.0800. The normalized spacial score (nSPS) is 37.7. The van der Waals surface area contributed by atoms with Crippen molar-refractivity contribution in [1.29, 1.82) is 0 Å². The van der Waals surface area contributed by atoms with Crippen molar-refractivity contribution in [2.24, 2.45) is 11.8 Å². The first kappa shape index (κ1) is 14.3. The average Bonchev–Trinajstić information content (AvgIpc) is 2.63. The second-order valence-corrected chi connectivity index (χ2v) is 6.53. The molecular weight excluding hydrogens is 222 g/mol. The molecule has 2 aliphatic rings. The third-order valence-corrected chi connectivity index (χ3v) is 5.07. The molecule has 4 atom stereocenters. The summed E-state index contributed by atoms with van der Waals surface area (Å²) in [6.45, 7) is 3.35. The van der Waals surface area contributed by atoms with E-state index < -0.39 is 0 Å². The Bertz CT molecular complexity index is 231. The van der Waals surface area contributed by atoms with Gasteiger partial charge in [0.1, 0.15) is 0 Å². The van der Waals surface area contributed by atoms with Gasteiger partial charge in [-0.25, -0.2) is 0 Å². The maximum Gasteiger partial charge on any atom is 0.0580 e. The van der Waals surface area contributed by atoms with Gasteiger partial charge in [0, 0.05) is 12.6 Å². The SMILES string of the molecule is CCCC1CCCC(NCC2CCCC2O)CC1. The summed E-state index contributed by atoms with van der Waals surface area (Å²) in [5, 5.41) is 13.6. The highest BCUT2D eigenvalue weighted by Crippen LogP contribution is 2.28. The van der Waals surface area contributed by atoms with Crippen molar-refractivity contribution < 1.29 is 5.11 Å². The molecule has 2 saturated carbocycles. The van der Waals surface area contributed by atoms with Gasteiger partial charge in [-0.1, -0.05) is 39.0 Å². The van der Waals surface area contributed by atoms with Gasteiger partial charge < -0.3 is 10.4 Å².